The van der Waals surface area contributed by atoms with Crippen molar-refractivity contribution in [3.63, 3.8) is 0 Å². The van der Waals surface area contributed by atoms with Crippen LogP contribution < -0.4 is 0 Å². The average molecular weight is 288 g/mol. The lowest BCUT2D eigenvalue weighted by Gasteiger charge is -2.37. The third kappa shape index (κ3) is 6.40. The molecule has 0 saturated heterocycles. The molecular formula is C13H24N2O5. The first-order valence-corrected chi connectivity index (χ1v) is 6.49. The summed E-state index contributed by atoms with van der Waals surface area (Å²) in [6.45, 7) is 7.30. The SMILES string of the molecule is CCOC(=O)CN(C)C(=O)N(CCC(=O)O)C(C)(C)C. The molecule has 0 unspecified atom stereocenters. The highest BCUT2D eigenvalue weighted by molar-refractivity contribution is 5.81. The Kier molecular flexibility index (Phi) is 7.02. The number of amides is 2. The molecule has 0 radical (unpaired) electrons. The van der Waals surface area contributed by atoms with Crippen LogP contribution in [0.5, 0.6) is 0 Å². The van der Waals surface area contributed by atoms with E-state index in [1.54, 1.807) is 6.92 Å². The molecule has 0 aliphatic carbocycles. The zero-order valence-electron chi connectivity index (χ0n) is 12.8. The number of urea groups is 1. The summed E-state index contributed by atoms with van der Waals surface area (Å²) in [6, 6.07) is -0.396. The zero-order valence-corrected chi connectivity index (χ0v) is 12.8. The van der Waals surface area contributed by atoms with Gasteiger partial charge in [0, 0.05) is 19.1 Å². The van der Waals surface area contributed by atoms with Crippen molar-refractivity contribution in [3.8, 4) is 0 Å². The highest BCUT2D eigenvalue weighted by Crippen LogP contribution is 2.16. The molecule has 0 aromatic heterocycles. The van der Waals surface area contributed by atoms with Crippen molar-refractivity contribution < 1.29 is 24.2 Å². The molecular weight excluding hydrogens is 264 g/mol. The molecule has 0 atom stereocenters. The molecule has 1 N–H and O–H groups in total. The monoisotopic (exact) mass is 288 g/mol. The molecule has 7 heteroatoms. The summed E-state index contributed by atoms with van der Waals surface area (Å²) in [6.07, 6.45) is -0.143. The third-order valence-electron chi connectivity index (χ3n) is 2.59. The normalized spacial score (nSPS) is 10.8. The fourth-order valence-electron chi connectivity index (χ4n) is 1.60. The maximum atomic E-state index is 12.3. The van der Waals surface area contributed by atoms with Crippen molar-refractivity contribution in [2.24, 2.45) is 0 Å². The number of carbonyl (C=O) groups excluding carboxylic acids is 2. The van der Waals surface area contributed by atoms with Crippen molar-refractivity contribution in [3.05, 3.63) is 0 Å². The van der Waals surface area contributed by atoms with Gasteiger partial charge in [0.25, 0.3) is 0 Å². The number of likely N-dealkylation sites (N-methyl/N-ethyl adjacent to an activating group) is 1. The summed E-state index contributed by atoms with van der Waals surface area (Å²) < 4.78 is 4.78. The molecule has 2 amide bonds. The second kappa shape index (κ2) is 7.72. The van der Waals surface area contributed by atoms with Gasteiger partial charge in [0.1, 0.15) is 6.54 Å². The lowest BCUT2D eigenvalue weighted by atomic mass is 10.1. The van der Waals surface area contributed by atoms with Gasteiger partial charge >= 0.3 is 18.0 Å². The van der Waals surface area contributed by atoms with Crippen LogP contribution in [0.2, 0.25) is 0 Å². The van der Waals surface area contributed by atoms with Crippen molar-refractivity contribution >= 4 is 18.0 Å². The molecule has 116 valence electrons. The fourth-order valence-corrected chi connectivity index (χ4v) is 1.60. The number of hydrogen-bond acceptors (Lipinski definition) is 4. The number of rotatable bonds is 6. The molecule has 0 spiro atoms. The third-order valence-corrected chi connectivity index (χ3v) is 2.59. The molecule has 0 aromatic carbocycles. The molecule has 0 saturated carbocycles. The molecule has 20 heavy (non-hydrogen) atoms. The van der Waals surface area contributed by atoms with Crippen LogP contribution in [0.3, 0.4) is 0 Å². The fraction of sp³-hybridized carbons (Fsp3) is 0.769. The van der Waals surface area contributed by atoms with Gasteiger partial charge in [-0.1, -0.05) is 0 Å². The molecule has 7 nitrogen and oxygen atoms in total. The van der Waals surface area contributed by atoms with Gasteiger partial charge in [-0.2, -0.15) is 0 Å². The summed E-state index contributed by atoms with van der Waals surface area (Å²) in [5.41, 5.74) is -0.532. The number of hydrogen-bond donors (Lipinski definition) is 1. The molecule has 0 aliphatic heterocycles. The predicted octanol–water partition coefficient (Wildman–Crippen LogP) is 1.18. The predicted molar refractivity (Wildman–Crippen MR) is 73.4 cm³/mol. The van der Waals surface area contributed by atoms with Crippen LogP contribution in [0, 0.1) is 0 Å². The summed E-state index contributed by atoms with van der Waals surface area (Å²) in [5, 5.41) is 8.74. The highest BCUT2D eigenvalue weighted by atomic mass is 16.5. The second-order valence-electron chi connectivity index (χ2n) is 5.41. The maximum absolute atomic E-state index is 12.3. The molecule has 0 fully saturated rings. The summed E-state index contributed by atoms with van der Waals surface area (Å²) in [5.74, 6) is -1.46. The van der Waals surface area contributed by atoms with Gasteiger partial charge in [0.2, 0.25) is 0 Å². The number of aliphatic carboxylic acids is 1. The van der Waals surface area contributed by atoms with Crippen LogP contribution >= 0.6 is 0 Å². The van der Waals surface area contributed by atoms with E-state index in [9.17, 15) is 14.4 Å². The lowest BCUT2D eigenvalue weighted by Crippen LogP contribution is -2.52. The number of carbonyl (C=O) groups is 3. The van der Waals surface area contributed by atoms with Crippen molar-refractivity contribution in [2.45, 2.75) is 39.7 Å². The van der Waals surface area contributed by atoms with Crippen LogP contribution in [0.4, 0.5) is 4.79 Å². The number of esters is 1. The number of ether oxygens (including phenoxy) is 1. The highest BCUT2D eigenvalue weighted by Gasteiger charge is 2.29. The lowest BCUT2D eigenvalue weighted by molar-refractivity contribution is -0.144. The van der Waals surface area contributed by atoms with E-state index in [1.807, 2.05) is 20.8 Å². The first kappa shape index (κ1) is 18.2. The Morgan fingerprint density at radius 2 is 1.75 bits per heavy atom. The molecule has 0 aromatic rings. The van der Waals surface area contributed by atoms with Gasteiger partial charge in [-0.05, 0) is 27.7 Å². The molecule has 0 bridgehead atoms. The Morgan fingerprint density at radius 3 is 2.15 bits per heavy atom. The first-order valence-electron chi connectivity index (χ1n) is 6.49. The van der Waals surface area contributed by atoms with Gasteiger partial charge < -0.3 is 19.6 Å². The summed E-state index contributed by atoms with van der Waals surface area (Å²) in [7, 11) is 1.48. The van der Waals surface area contributed by atoms with Crippen molar-refractivity contribution in [2.75, 3.05) is 26.7 Å². The van der Waals surface area contributed by atoms with Gasteiger partial charge in [0.15, 0.2) is 0 Å². The van der Waals surface area contributed by atoms with Crippen LogP contribution in [-0.4, -0.2) is 65.2 Å². The van der Waals surface area contributed by atoms with E-state index < -0.39 is 23.5 Å². The van der Waals surface area contributed by atoms with Gasteiger partial charge in [-0.15, -0.1) is 0 Å². The molecule has 0 aliphatic rings. The van der Waals surface area contributed by atoms with Crippen molar-refractivity contribution in [1.82, 2.24) is 9.80 Å². The largest absolute Gasteiger partial charge is 0.481 e. The topological polar surface area (TPSA) is 87.2 Å². The Morgan fingerprint density at radius 1 is 1.20 bits per heavy atom. The van der Waals surface area contributed by atoms with E-state index in [1.165, 1.54) is 16.8 Å². The standard InChI is InChI=1S/C13H24N2O5/c1-6-20-11(18)9-14(5)12(19)15(13(2,3)4)8-7-10(16)17/h6-9H2,1-5H3,(H,16,17). The van der Waals surface area contributed by atoms with Gasteiger partial charge in [-0.3, -0.25) is 9.59 Å². The van der Waals surface area contributed by atoms with Gasteiger partial charge in [0.05, 0.1) is 13.0 Å². The number of nitrogens with zero attached hydrogens (tertiary/aromatic N) is 2. The Hall–Kier alpha value is -1.79. The second-order valence-corrected chi connectivity index (χ2v) is 5.41. The maximum Gasteiger partial charge on any atom is 0.325 e. The average Bonchev–Trinajstić information content (AvgIpc) is 2.26. The smallest absolute Gasteiger partial charge is 0.325 e. The first-order chi connectivity index (χ1) is 9.09. The van der Waals surface area contributed by atoms with Crippen LogP contribution in [0.25, 0.3) is 0 Å². The van der Waals surface area contributed by atoms with Crippen LogP contribution in [0.1, 0.15) is 34.1 Å². The minimum Gasteiger partial charge on any atom is -0.481 e. The quantitative estimate of drug-likeness (QED) is 0.741. The van der Waals surface area contributed by atoms with Crippen LogP contribution in [-0.2, 0) is 14.3 Å². The number of carboxylic acids is 1. The zero-order chi connectivity index (χ0) is 15.9. The van der Waals surface area contributed by atoms with E-state index in [0.717, 1.165) is 0 Å². The molecule has 0 rings (SSSR count). The minimum atomic E-state index is -0.972. The van der Waals surface area contributed by atoms with Gasteiger partial charge in [-0.25, -0.2) is 4.79 Å². The number of carboxylic acid groups (broad SMARTS) is 1. The molecule has 0 heterocycles. The van der Waals surface area contributed by atoms with E-state index in [-0.39, 0.29) is 26.1 Å². The van der Waals surface area contributed by atoms with E-state index in [0.29, 0.717) is 0 Å². The van der Waals surface area contributed by atoms with E-state index in [4.69, 9.17) is 9.84 Å². The Balaban J connectivity index is 4.77. The van der Waals surface area contributed by atoms with E-state index >= 15 is 0 Å². The summed E-state index contributed by atoms with van der Waals surface area (Å²) in [4.78, 5) is 37.0. The Labute approximate surface area is 119 Å². The minimum absolute atomic E-state index is 0.0881. The van der Waals surface area contributed by atoms with Crippen LogP contribution in [0.15, 0.2) is 0 Å². The van der Waals surface area contributed by atoms with Crippen molar-refractivity contribution in [1.29, 1.82) is 0 Å². The Bertz CT molecular complexity index is 362. The van der Waals surface area contributed by atoms with E-state index in [2.05, 4.69) is 0 Å². The summed E-state index contributed by atoms with van der Waals surface area (Å²) >= 11 is 0.